The molecule has 1 aliphatic rings. The van der Waals surface area contributed by atoms with Crippen LogP contribution in [0.25, 0.3) is 0 Å². The summed E-state index contributed by atoms with van der Waals surface area (Å²) in [5.41, 5.74) is 0. The van der Waals surface area contributed by atoms with Crippen molar-refractivity contribution in [2.75, 3.05) is 13.1 Å². The maximum atomic E-state index is 11.6. The number of carbonyl (C=O) groups is 1. The van der Waals surface area contributed by atoms with Crippen LogP contribution >= 0.6 is 11.3 Å². The summed E-state index contributed by atoms with van der Waals surface area (Å²) in [6.45, 7) is 1.41. The van der Waals surface area contributed by atoms with Gasteiger partial charge < -0.3 is 15.7 Å². The molecule has 0 bridgehead atoms. The summed E-state index contributed by atoms with van der Waals surface area (Å²) in [4.78, 5) is 15.5. The highest BCUT2D eigenvalue weighted by Gasteiger charge is 2.25. The van der Waals surface area contributed by atoms with Crippen LogP contribution in [0.2, 0.25) is 0 Å². The van der Waals surface area contributed by atoms with E-state index in [1.54, 1.807) is 11.6 Å². The summed E-state index contributed by atoms with van der Waals surface area (Å²) in [6, 6.07) is -0.213. The van der Waals surface area contributed by atoms with Gasteiger partial charge in [0.15, 0.2) is 5.01 Å². The van der Waals surface area contributed by atoms with Crippen molar-refractivity contribution in [1.82, 2.24) is 15.6 Å². The van der Waals surface area contributed by atoms with E-state index in [-0.39, 0.29) is 11.9 Å². The van der Waals surface area contributed by atoms with Gasteiger partial charge >= 0.3 is 0 Å². The van der Waals surface area contributed by atoms with Crippen LogP contribution in [0.1, 0.15) is 16.2 Å². The third-order valence-electron chi connectivity index (χ3n) is 2.39. The molecule has 0 aromatic carbocycles. The van der Waals surface area contributed by atoms with E-state index < -0.39 is 6.10 Å². The van der Waals surface area contributed by atoms with Crippen molar-refractivity contribution in [2.45, 2.75) is 18.6 Å². The van der Waals surface area contributed by atoms with Crippen molar-refractivity contribution in [3.8, 4) is 0 Å². The number of aliphatic hydroxyl groups is 1. The van der Waals surface area contributed by atoms with Gasteiger partial charge in [0.2, 0.25) is 0 Å². The van der Waals surface area contributed by atoms with Crippen LogP contribution in [-0.4, -0.2) is 41.2 Å². The number of hydrogen-bond acceptors (Lipinski definition) is 5. The fourth-order valence-corrected chi connectivity index (χ4v) is 2.10. The van der Waals surface area contributed by atoms with Crippen LogP contribution in [0, 0.1) is 0 Å². The minimum Gasteiger partial charge on any atom is -0.391 e. The van der Waals surface area contributed by atoms with Crippen molar-refractivity contribution in [3.05, 3.63) is 16.6 Å². The first-order chi connectivity index (χ1) is 7.27. The first-order valence-corrected chi connectivity index (χ1v) is 5.74. The van der Waals surface area contributed by atoms with Gasteiger partial charge in [-0.05, 0) is 13.0 Å². The van der Waals surface area contributed by atoms with E-state index in [1.165, 1.54) is 11.3 Å². The van der Waals surface area contributed by atoms with Gasteiger partial charge in [-0.25, -0.2) is 4.98 Å². The average molecular weight is 227 g/mol. The van der Waals surface area contributed by atoms with Gasteiger partial charge in [0.1, 0.15) is 0 Å². The normalized spacial score (nSPS) is 26.2. The van der Waals surface area contributed by atoms with Crippen LogP contribution in [0.3, 0.4) is 0 Å². The number of hydrogen-bond donors (Lipinski definition) is 3. The van der Waals surface area contributed by atoms with E-state index in [1.807, 2.05) is 0 Å². The number of aliphatic hydroxyl groups excluding tert-OH is 1. The Morgan fingerprint density at radius 2 is 2.60 bits per heavy atom. The van der Waals surface area contributed by atoms with E-state index in [0.717, 1.165) is 6.54 Å². The third-order valence-corrected chi connectivity index (χ3v) is 3.16. The number of nitrogens with one attached hydrogen (secondary N) is 2. The van der Waals surface area contributed by atoms with Crippen molar-refractivity contribution in [1.29, 1.82) is 0 Å². The van der Waals surface area contributed by atoms with Crippen molar-refractivity contribution in [2.24, 2.45) is 0 Å². The Labute approximate surface area is 91.5 Å². The predicted octanol–water partition coefficient (Wildman–Crippen LogP) is -0.404. The maximum absolute atomic E-state index is 11.6. The van der Waals surface area contributed by atoms with Gasteiger partial charge in [-0.15, -0.1) is 11.3 Å². The molecule has 15 heavy (non-hydrogen) atoms. The smallest absolute Gasteiger partial charge is 0.280 e. The molecule has 1 fully saturated rings. The minimum absolute atomic E-state index is 0.210. The Hall–Kier alpha value is -0.980. The highest BCUT2D eigenvalue weighted by molar-refractivity contribution is 7.11. The molecule has 6 heteroatoms. The second-order valence-corrected chi connectivity index (χ2v) is 4.37. The molecule has 0 radical (unpaired) electrons. The average Bonchev–Trinajstić information content (AvgIpc) is 2.74. The van der Waals surface area contributed by atoms with E-state index in [4.69, 9.17) is 0 Å². The van der Waals surface area contributed by atoms with E-state index in [2.05, 4.69) is 15.6 Å². The number of piperidine rings is 1. The van der Waals surface area contributed by atoms with Crippen molar-refractivity contribution >= 4 is 17.2 Å². The fourth-order valence-electron chi connectivity index (χ4n) is 1.56. The molecule has 1 saturated heterocycles. The molecule has 3 N–H and O–H groups in total. The monoisotopic (exact) mass is 227 g/mol. The summed E-state index contributed by atoms with van der Waals surface area (Å²) < 4.78 is 0. The molecule has 0 saturated carbocycles. The topological polar surface area (TPSA) is 74.2 Å². The molecular formula is C9H13N3O2S. The van der Waals surface area contributed by atoms with Gasteiger partial charge in [0, 0.05) is 18.1 Å². The molecule has 0 unspecified atom stereocenters. The molecule has 5 nitrogen and oxygen atoms in total. The van der Waals surface area contributed by atoms with Crippen LogP contribution in [0.15, 0.2) is 11.6 Å². The van der Waals surface area contributed by atoms with Gasteiger partial charge in [0.25, 0.3) is 5.91 Å². The zero-order chi connectivity index (χ0) is 10.7. The van der Waals surface area contributed by atoms with Crippen LogP contribution in [-0.2, 0) is 0 Å². The van der Waals surface area contributed by atoms with Crippen LogP contribution in [0.4, 0.5) is 0 Å². The molecule has 2 atom stereocenters. The number of aromatic nitrogens is 1. The highest BCUT2D eigenvalue weighted by Crippen LogP contribution is 2.07. The van der Waals surface area contributed by atoms with Crippen LogP contribution < -0.4 is 10.6 Å². The fraction of sp³-hybridized carbons (Fsp3) is 0.556. The Morgan fingerprint density at radius 1 is 1.73 bits per heavy atom. The second kappa shape index (κ2) is 4.69. The Kier molecular flexibility index (Phi) is 3.30. The lowest BCUT2D eigenvalue weighted by Crippen LogP contribution is -2.53. The van der Waals surface area contributed by atoms with Gasteiger partial charge in [-0.1, -0.05) is 0 Å². The van der Waals surface area contributed by atoms with E-state index in [0.29, 0.717) is 18.0 Å². The summed E-state index contributed by atoms with van der Waals surface area (Å²) in [7, 11) is 0. The lowest BCUT2D eigenvalue weighted by molar-refractivity contribution is 0.0754. The van der Waals surface area contributed by atoms with E-state index >= 15 is 0 Å². The maximum Gasteiger partial charge on any atom is 0.280 e. The second-order valence-electron chi connectivity index (χ2n) is 3.48. The SMILES string of the molecule is O=C(N[C@@H]1CNCC[C@H]1O)c1nccs1. The third kappa shape index (κ3) is 2.53. The zero-order valence-corrected chi connectivity index (χ0v) is 8.96. The predicted molar refractivity (Wildman–Crippen MR) is 56.9 cm³/mol. The molecular weight excluding hydrogens is 214 g/mol. The lowest BCUT2D eigenvalue weighted by atomic mass is 10.0. The summed E-state index contributed by atoms with van der Waals surface area (Å²) >= 11 is 1.30. The summed E-state index contributed by atoms with van der Waals surface area (Å²) in [5, 5.41) is 17.7. The Bertz CT molecular complexity index is 328. The summed E-state index contributed by atoms with van der Waals surface area (Å²) in [6.07, 6.45) is 1.80. The number of rotatable bonds is 2. The molecule has 0 aliphatic carbocycles. The minimum atomic E-state index is -0.463. The quantitative estimate of drug-likeness (QED) is 0.642. The number of amides is 1. The molecule has 1 aliphatic heterocycles. The van der Waals surface area contributed by atoms with E-state index in [9.17, 15) is 9.90 Å². The molecule has 0 spiro atoms. The molecule has 82 valence electrons. The molecule has 1 aromatic rings. The Balaban J connectivity index is 1.93. The van der Waals surface area contributed by atoms with Crippen LogP contribution in [0.5, 0.6) is 0 Å². The zero-order valence-electron chi connectivity index (χ0n) is 8.14. The standard InChI is InChI=1S/C9H13N3O2S/c13-7-1-2-10-5-6(7)12-8(14)9-11-3-4-15-9/h3-4,6-7,10,13H,1-2,5H2,(H,12,14)/t6-,7-/m1/s1. The first kappa shape index (κ1) is 10.5. The van der Waals surface area contributed by atoms with Gasteiger partial charge in [-0.3, -0.25) is 4.79 Å². The first-order valence-electron chi connectivity index (χ1n) is 4.86. The molecule has 2 heterocycles. The largest absolute Gasteiger partial charge is 0.391 e. The van der Waals surface area contributed by atoms with Crippen molar-refractivity contribution in [3.63, 3.8) is 0 Å². The van der Waals surface area contributed by atoms with Crippen molar-refractivity contribution < 1.29 is 9.90 Å². The lowest BCUT2D eigenvalue weighted by Gasteiger charge is -2.28. The number of carbonyl (C=O) groups excluding carboxylic acids is 1. The molecule has 1 amide bonds. The Morgan fingerprint density at radius 3 is 3.27 bits per heavy atom. The molecule has 2 rings (SSSR count). The highest BCUT2D eigenvalue weighted by atomic mass is 32.1. The number of thiazole rings is 1. The summed E-state index contributed by atoms with van der Waals surface area (Å²) in [5.74, 6) is -0.210. The van der Waals surface area contributed by atoms with Gasteiger partial charge in [0.05, 0.1) is 12.1 Å². The number of nitrogens with zero attached hydrogens (tertiary/aromatic N) is 1. The van der Waals surface area contributed by atoms with Gasteiger partial charge in [-0.2, -0.15) is 0 Å². The molecule has 1 aromatic heterocycles.